The van der Waals surface area contributed by atoms with Crippen LogP contribution in [-0.2, 0) is 11.8 Å². The van der Waals surface area contributed by atoms with E-state index in [1.54, 1.807) is 26.1 Å². The number of carbonyl (C=O) groups is 2. The van der Waals surface area contributed by atoms with Crippen molar-refractivity contribution in [2.24, 2.45) is 7.05 Å². The number of carbonyl (C=O) groups excluding carboxylic acids is 2. The number of furan rings is 1. The van der Waals surface area contributed by atoms with Crippen LogP contribution in [0.5, 0.6) is 11.5 Å². The van der Waals surface area contributed by atoms with E-state index >= 15 is 0 Å². The summed E-state index contributed by atoms with van der Waals surface area (Å²) in [5.41, 5.74) is 1.86. The monoisotopic (exact) mass is 446 g/mol. The summed E-state index contributed by atoms with van der Waals surface area (Å²) >= 11 is 0. The van der Waals surface area contributed by atoms with Crippen LogP contribution in [0.15, 0.2) is 41.0 Å². The minimum absolute atomic E-state index is 0.0449. The number of aromatic nitrogens is 2. The summed E-state index contributed by atoms with van der Waals surface area (Å²) < 4.78 is 41.9. The van der Waals surface area contributed by atoms with Crippen LogP contribution in [-0.4, -0.2) is 41.4 Å². The highest BCUT2D eigenvalue weighted by atomic mass is 19.3. The average Bonchev–Trinajstić information content (AvgIpc) is 3.37. The molecule has 0 radical (unpaired) electrons. The van der Waals surface area contributed by atoms with E-state index in [4.69, 9.17) is 9.15 Å². The fraction of sp³-hybridized carbons (Fsp3) is 0.286. The molecule has 0 saturated carbocycles. The van der Waals surface area contributed by atoms with Crippen LogP contribution in [0.4, 0.5) is 14.6 Å². The Balaban J connectivity index is 1.81. The number of hydrogen-bond acceptors (Lipinski definition) is 6. The van der Waals surface area contributed by atoms with Crippen molar-refractivity contribution in [3.8, 4) is 11.5 Å². The summed E-state index contributed by atoms with van der Waals surface area (Å²) in [5.74, 6) is -1.27. The Morgan fingerprint density at radius 2 is 2.09 bits per heavy atom. The second kappa shape index (κ2) is 8.33. The smallest absolute Gasteiger partial charge is 0.387 e. The molecule has 168 valence electrons. The van der Waals surface area contributed by atoms with Crippen LogP contribution in [0.25, 0.3) is 0 Å². The van der Waals surface area contributed by atoms with Crippen LogP contribution in [0.1, 0.15) is 33.3 Å². The van der Waals surface area contributed by atoms with E-state index < -0.39 is 30.4 Å². The predicted molar refractivity (Wildman–Crippen MR) is 108 cm³/mol. The van der Waals surface area contributed by atoms with E-state index in [0.717, 1.165) is 0 Å². The standard InChI is InChI=1S/C21H20F2N4O5/c1-10-15-16(11-6-7-12(32-21(22)23)14(9-11)30-3)17(20(29)25-18(15)27(2)26-10)24-19(28)13-5-4-8-31-13/h4-9,16-17,21H,1-3H3,(H,24,28)(H,25,29)/t16-,17-/m1/s1. The maximum absolute atomic E-state index is 13.0. The van der Waals surface area contributed by atoms with Crippen LogP contribution in [0.3, 0.4) is 0 Å². The van der Waals surface area contributed by atoms with Gasteiger partial charge in [0, 0.05) is 18.5 Å². The average molecular weight is 446 g/mol. The lowest BCUT2D eigenvalue weighted by Crippen LogP contribution is -2.50. The van der Waals surface area contributed by atoms with Gasteiger partial charge in [-0.3, -0.25) is 14.3 Å². The van der Waals surface area contributed by atoms with Crippen molar-refractivity contribution < 1.29 is 32.3 Å². The number of halogens is 2. The van der Waals surface area contributed by atoms with Gasteiger partial charge in [0.25, 0.3) is 5.91 Å². The van der Waals surface area contributed by atoms with E-state index in [9.17, 15) is 18.4 Å². The minimum atomic E-state index is -3.03. The van der Waals surface area contributed by atoms with E-state index in [1.165, 1.54) is 36.3 Å². The van der Waals surface area contributed by atoms with Crippen LogP contribution >= 0.6 is 0 Å². The number of anilines is 1. The zero-order valence-electron chi connectivity index (χ0n) is 17.4. The van der Waals surface area contributed by atoms with Crippen LogP contribution in [0.2, 0.25) is 0 Å². The first-order valence-electron chi connectivity index (χ1n) is 9.61. The van der Waals surface area contributed by atoms with Gasteiger partial charge >= 0.3 is 6.61 Å². The van der Waals surface area contributed by atoms with Crippen molar-refractivity contribution >= 4 is 17.6 Å². The molecule has 0 aliphatic carbocycles. The van der Waals surface area contributed by atoms with E-state index in [0.29, 0.717) is 22.6 Å². The minimum Gasteiger partial charge on any atom is -0.493 e. The Morgan fingerprint density at radius 1 is 1.31 bits per heavy atom. The number of hydrogen-bond donors (Lipinski definition) is 2. The molecule has 11 heteroatoms. The first-order chi connectivity index (χ1) is 15.3. The number of ether oxygens (including phenoxy) is 2. The Labute approximate surface area is 181 Å². The summed E-state index contributed by atoms with van der Waals surface area (Å²) in [6, 6.07) is 6.39. The number of fused-ring (bicyclic) bond motifs is 1. The van der Waals surface area contributed by atoms with Crippen molar-refractivity contribution in [2.45, 2.75) is 25.5 Å². The van der Waals surface area contributed by atoms with Crippen LogP contribution in [0, 0.1) is 6.92 Å². The number of methoxy groups -OCH3 is 1. The largest absolute Gasteiger partial charge is 0.493 e. The van der Waals surface area contributed by atoms with Crippen molar-refractivity contribution in [2.75, 3.05) is 12.4 Å². The summed E-state index contributed by atoms with van der Waals surface area (Å²) in [7, 11) is 3.01. The molecule has 4 rings (SSSR count). The Hall–Kier alpha value is -3.89. The fourth-order valence-corrected chi connectivity index (χ4v) is 3.91. The van der Waals surface area contributed by atoms with E-state index in [-0.39, 0.29) is 17.3 Å². The lowest BCUT2D eigenvalue weighted by Gasteiger charge is -2.32. The van der Waals surface area contributed by atoms with Gasteiger partial charge in [-0.2, -0.15) is 13.9 Å². The quantitative estimate of drug-likeness (QED) is 0.603. The molecule has 2 amide bonds. The van der Waals surface area contributed by atoms with Gasteiger partial charge in [-0.15, -0.1) is 0 Å². The Bertz CT molecular complexity index is 1160. The molecule has 0 unspecified atom stereocenters. The molecule has 2 aromatic heterocycles. The highest BCUT2D eigenvalue weighted by Crippen LogP contribution is 2.42. The SMILES string of the molecule is COc1cc([C@@H]2c3c(C)nn(C)c3NC(=O)[C@@H]2NC(=O)c2ccco2)ccc1OC(F)F. The van der Waals surface area contributed by atoms with Gasteiger partial charge in [0.1, 0.15) is 11.9 Å². The van der Waals surface area contributed by atoms with Gasteiger partial charge in [-0.25, -0.2) is 0 Å². The molecule has 0 saturated heterocycles. The first-order valence-corrected chi connectivity index (χ1v) is 9.61. The predicted octanol–water partition coefficient (Wildman–Crippen LogP) is 2.81. The van der Waals surface area contributed by atoms with Gasteiger partial charge in [0.2, 0.25) is 5.91 Å². The molecule has 3 aromatic rings. The Morgan fingerprint density at radius 3 is 2.75 bits per heavy atom. The molecule has 2 N–H and O–H groups in total. The summed E-state index contributed by atoms with van der Waals surface area (Å²) in [5, 5.41) is 9.87. The number of aryl methyl sites for hydroxylation is 2. The maximum Gasteiger partial charge on any atom is 0.387 e. The third kappa shape index (κ3) is 3.77. The molecular weight excluding hydrogens is 426 g/mol. The summed E-state index contributed by atoms with van der Waals surface area (Å²) in [6.45, 7) is -1.25. The number of rotatable bonds is 6. The Kier molecular flexibility index (Phi) is 5.56. The summed E-state index contributed by atoms with van der Waals surface area (Å²) in [6.07, 6.45) is 1.35. The molecule has 32 heavy (non-hydrogen) atoms. The molecular formula is C21H20F2N4O5. The molecule has 3 heterocycles. The molecule has 0 fully saturated rings. The van der Waals surface area contributed by atoms with Gasteiger partial charge in [0.05, 0.1) is 19.1 Å². The normalized spacial score (nSPS) is 17.6. The number of nitrogens with zero attached hydrogens (tertiary/aromatic N) is 2. The molecule has 0 spiro atoms. The molecule has 1 aliphatic rings. The maximum atomic E-state index is 13.0. The second-order valence-electron chi connectivity index (χ2n) is 7.16. The third-order valence-electron chi connectivity index (χ3n) is 5.23. The zero-order valence-corrected chi connectivity index (χ0v) is 17.4. The van der Waals surface area contributed by atoms with Crippen LogP contribution < -0.4 is 20.1 Å². The van der Waals surface area contributed by atoms with Crippen molar-refractivity contribution in [3.63, 3.8) is 0 Å². The highest BCUT2D eigenvalue weighted by molar-refractivity contribution is 6.03. The summed E-state index contributed by atoms with van der Waals surface area (Å²) in [4.78, 5) is 25.7. The fourth-order valence-electron chi connectivity index (χ4n) is 3.91. The van der Waals surface area contributed by atoms with E-state index in [1.807, 2.05) is 0 Å². The molecule has 1 aliphatic heterocycles. The molecule has 2 atom stereocenters. The van der Waals surface area contributed by atoms with Gasteiger partial charge < -0.3 is 24.5 Å². The third-order valence-corrected chi connectivity index (χ3v) is 5.23. The molecule has 9 nitrogen and oxygen atoms in total. The van der Waals surface area contributed by atoms with Crippen molar-refractivity contribution in [1.29, 1.82) is 0 Å². The number of benzene rings is 1. The van der Waals surface area contributed by atoms with Gasteiger partial charge in [0.15, 0.2) is 17.3 Å². The first kappa shape index (κ1) is 21.3. The topological polar surface area (TPSA) is 108 Å². The van der Waals surface area contributed by atoms with Crippen molar-refractivity contribution in [3.05, 3.63) is 59.2 Å². The molecule has 1 aromatic carbocycles. The number of amides is 2. The van der Waals surface area contributed by atoms with Gasteiger partial charge in [-0.05, 0) is 36.8 Å². The number of nitrogens with one attached hydrogen (secondary N) is 2. The van der Waals surface area contributed by atoms with Gasteiger partial charge in [-0.1, -0.05) is 6.07 Å². The molecule has 0 bridgehead atoms. The second-order valence-corrected chi connectivity index (χ2v) is 7.16. The van der Waals surface area contributed by atoms with E-state index in [2.05, 4.69) is 20.5 Å². The number of alkyl halides is 2. The highest BCUT2D eigenvalue weighted by Gasteiger charge is 2.41. The lowest BCUT2D eigenvalue weighted by molar-refractivity contribution is -0.118. The lowest BCUT2D eigenvalue weighted by atomic mass is 9.81. The van der Waals surface area contributed by atoms with Crippen molar-refractivity contribution in [1.82, 2.24) is 15.1 Å². The zero-order chi connectivity index (χ0) is 23.0.